The molecule has 12 nitrogen and oxygen atoms in total. The van der Waals surface area contributed by atoms with Crippen LogP contribution in [0, 0.1) is 0 Å². The highest BCUT2D eigenvalue weighted by Crippen LogP contribution is 2.22. The Morgan fingerprint density at radius 1 is 0.977 bits per heavy atom. The summed E-state index contributed by atoms with van der Waals surface area (Å²) in [7, 11) is 1.01. The summed E-state index contributed by atoms with van der Waals surface area (Å²) in [6.45, 7) is -1.42. The molecule has 14 heteroatoms. The molecule has 0 heterocycles. The molecule has 0 saturated heterocycles. The quantitative estimate of drug-likeness (QED) is 0.0599. The van der Waals surface area contributed by atoms with Crippen molar-refractivity contribution in [2.75, 3.05) is 45.0 Å². The molecule has 5 atom stereocenters. The number of thioether (sulfide) groups is 1. The topological polar surface area (TPSA) is 201 Å². The molecule has 2 aromatic carbocycles. The lowest BCUT2D eigenvalue weighted by Gasteiger charge is -2.32. The van der Waals surface area contributed by atoms with E-state index in [2.05, 4.69) is 15.4 Å². The minimum Gasteiger partial charge on any atom is -0.465 e. The highest BCUT2D eigenvalue weighted by atomic mass is 32.2. The van der Waals surface area contributed by atoms with Crippen molar-refractivity contribution >= 4 is 29.5 Å². The van der Waals surface area contributed by atoms with Crippen molar-refractivity contribution in [3.05, 3.63) is 60.2 Å². The zero-order valence-corrected chi connectivity index (χ0v) is 25.4. The molecule has 2 rings (SSSR count). The number of carbonyl (C=O) groups excluding carboxylic acids is 3. The number of aliphatic hydroxyl groups excluding tert-OH is 3. The van der Waals surface area contributed by atoms with Crippen LogP contribution >= 0.6 is 11.8 Å². The molecule has 8 N–H and O–H groups in total. The minimum absolute atomic E-state index is 0.0760. The van der Waals surface area contributed by atoms with E-state index in [1.54, 1.807) is 36.0 Å². The Hall–Kier alpha value is -3.11. The Labute approximate surface area is 260 Å². The van der Waals surface area contributed by atoms with Gasteiger partial charge in [-0.25, -0.2) is 9.18 Å². The molecule has 0 aliphatic carbocycles. The van der Waals surface area contributed by atoms with Crippen molar-refractivity contribution in [1.29, 1.82) is 0 Å². The third kappa shape index (κ3) is 12.1. The molecule has 0 bridgehead atoms. The van der Waals surface area contributed by atoms with Crippen molar-refractivity contribution in [2.24, 2.45) is 5.73 Å². The number of hydrogen-bond acceptors (Lipinski definition) is 11. The van der Waals surface area contributed by atoms with E-state index in [9.17, 15) is 39.2 Å². The fourth-order valence-corrected chi connectivity index (χ4v) is 4.92. The Morgan fingerprint density at radius 3 is 2.25 bits per heavy atom. The van der Waals surface area contributed by atoms with Crippen molar-refractivity contribution in [3.63, 3.8) is 0 Å². The molecular weight excluding hydrogens is 597 g/mol. The fraction of sp³-hybridized carbons (Fsp3) is 0.500. The maximum atomic E-state index is 13.0. The van der Waals surface area contributed by atoms with Crippen LogP contribution in [-0.4, -0.2) is 113 Å². The summed E-state index contributed by atoms with van der Waals surface area (Å²) >= 11 is 1.55. The number of rotatable bonds is 20. The van der Waals surface area contributed by atoms with E-state index in [-0.39, 0.29) is 6.61 Å². The number of alkyl halides is 1. The molecule has 0 spiro atoms. The molecule has 0 aliphatic rings. The summed E-state index contributed by atoms with van der Waals surface area (Å²) in [5, 5.41) is 47.5. The van der Waals surface area contributed by atoms with Crippen LogP contribution in [-0.2, 0) is 19.1 Å². The number of amides is 2. The number of esters is 1. The number of ether oxygens (including phenoxy) is 2. The number of hydrogen-bond donors (Lipinski definition) is 7. The second kappa shape index (κ2) is 19.3. The Kier molecular flexibility index (Phi) is 16.3. The van der Waals surface area contributed by atoms with Crippen LogP contribution in [0.15, 0.2) is 54.6 Å². The van der Waals surface area contributed by atoms with Crippen LogP contribution in [0.4, 0.5) is 4.39 Å². The van der Waals surface area contributed by atoms with Gasteiger partial charge in [0.1, 0.15) is 0 Å². The zero-order valence-electron chi connectivity index (χ0n) is 24.6. The summed E-state index contributed by atoms with van der Waals surface area (Å²) in [6, 6.07) is 14.9. The first-order chi connectivity index (χ1) is 21.0. The largest absolute Gasteiger partial charge is 0.465 e. The first kappa shape index (κ1) is 37.1. The SMILES string of the molecule is COC(=O)C(O)(CC(O)C(C[C@@H](O)[C@H](O)CNC(=O)c1ccc(-c2ccccc2)cc1)NC(=O)CF)OCCCSCCN. The average Bonchev–Trinajstić information content (AvgIpc) is 3.04. The van der Waals surface area contributed by atoms with E-state index >= 15 is 0 Å². The number of nitrogens with two attached hydrogens (primary N) is 1. The van der Waals surface area contributed by atoms with Crippen LogP contribution in [0.5, 0.6) is 0 Å². The van der Waals surface area contributed by atoms with Gasteiger partial charge in [0.2, 0.25) is 0 Å². The Bertz CT molecular complexity index is 1160. The average molecular weight is 640 g/mol. The molecule has 0 aliphatic heterocycles. The van der Waals surface area contributed by atoms with Gasteiger partial charge in [0.25, 0.3) is 17.6 Å². The van der Waals surface area contributed by atoms with Crippen LogP contribution < -0.4 is 16.4 Å². The Balaban J connectivity index is 2.00. The predicted octanol–water partition coefficient (Wildman–Crippen LogP) is 0.361. The number of halogens is 1. The van der Waals surface area contributed by atoms with Gasteiger partial charge >= 0.3 is 5.97 Å². The normalized spacial score (nSPS) is 15.3. The minimum atomic E-state index is -2.61. The first-order valence-corrected chi connectivity index (χ1v) is 15.3. The van der Waals surface area contributed by atoms with Gasteiger partial charge in [0.05, 0.1) is 38.1 Å². The summed E-state index contributed by atoms with van der Waals surface area (Å²) in [5.41, 5.74) is 7.64. The number of carbonyl (C=O) groups is 3. The van der Waals surface area contributed by atoms with Gasteiger partial charge in [-0.15, -0.1) is 0 Å². The molecule has 2 amide bonds. The molecule has 3 unspecified atom stereocenters. The van der Waals surface area contributed by atoms with Crippen LogP contribution in [0.1, 0.15) is 29.6 Å². The Morgan fingerprint density at radius 2 is 1.64 bits per heavy atom. The summed E-state index contributed by atoms with van der Waals surface area (Å²) in [6.07, 6.45) is -5.81. The second-order valence-electron chi connectivity index (χ2n) is 9.98. The van der Waals surface area contributed by atoms with Crippen molar-refractivity contribution in [2.45, 2.75) is 49.4 Å². The summed E-state index contributed by atoms with van der Waals surface area (Å²) in [4.78, 5) is 36.7. The van der Waals surface area contributed by atoms with Gasteiger partial charge in [-0.3, -0.25) is 9.59 Å². The summed E-state index contributed by atoms with van der Waals surface area (Å²) < 4.78 is 22.9. The highest BCUT2D eigenvalue weighted by Gasteiger charge is 2.43. The van der Waals surface area contributed by atoms with E-state index in [1.165, 1.54) is 0 Å². The molecule has 0 radical (unpaired) electrons. The van der Waals surface area contributed by atoms with Gasteiger partial charge in [-0.2, -0.15) is 11.8 Å². The van der Waals surface area contributed by atoms with E-state index in [4.69, 9.17) is 10.5 Å². The molecular formula is C30H42FN3O9S. The van der Waals surface area contributed by atoms with Gasteiger partial charge in [0.15, 0.2) is 6.67 Å². The van der Waals surface area contributed by atoms with Gasteiger partial charge in [-0.1, -0.05) is 42.5 Å². The monoisotopic (exact) mass is 639 g/mol. The third-order valence-electron chi connectivity index (χ3n) is 6.62. The van der Waals surface area contributed by atoms with Crippen LogP contribution in [0.2, 0.25) is 0 Å². The molecule has 44 heavy (non-hydrogen) atoms. The molecule has 2 aromatic rings. The van der Waals surface area contributed by atoms with Gasteiger partial charge < -0.3 is 46.3 Å². The van der Waals surface area contributed by atoms with E-state index in [1.807, 2.05) is 30.3 Å². The predicted molar refractivity (Wildman–Crippen MR) is 163 cm³/mol. The molecule has 0 fully saturated rings. The fourth-order valence-electron chi connectivity index (χ4n) is 4.23. The van der Waals surface area contributed by atoms with E-state index < -0.39 is 74.0 Å². The maximum absolute atomic E-state index is 13.0. The lowest BCUT2D eigenvalue weighted by molar-refractivity contribution is -0.236. The van der Waals surface area contributed by atoms with Crippen LogP contribution in [0.3, 0.4) is 0 Å². The standard InChI is InChI=1S/C30H42FN3O9S/c1-42-29(40)30(41,43-13-5-14-44-15-12-32)17-25(36)23(34-27(38)18-31)16-24(35)26(37)19-33-28(39)22-10-8-21(9-11-22)20-6-3-2-4-7-20/h2-4,6-11,23-26,35-37,41H,5,12-19,32H2,1H3,(H,33,39)(H,34,38)/t23?,24-,25?,26-,30?/m1/s1. The van der Waals surface area contributed by atoms with Crippen molar-refractivity contribution < 1.29 is 48.7 Å². The van der Waals surface area contributed by atoms with Gasteiger partial charge in [0, 0.05) is 30.8 Å². The summed E-state index contributed by atoms with van der Waals surface area (Å²) in [5.74, 6) is -4.12. The van der Waals surface area contributed by atoms with Gasteiger partial charge in [-0.05, 0) is 41.9 Å². The number of aliphatic hydroxyl groups is 4. The maximum Gasteiger partial charge on any atom is 0.366 e. The first-order valence-electron chi connectivity index (χ1n) is 14.1. The lowest BCUT2D eigenvalue weighted by atomic mass is 9.95. The molecule has 244 valence electrons. The number of methoxy groups -OCH3 is 1. The van der Waals surface area contributed by atoms with Crippen LogP contribution in [0.25, 0.3) is 11.1 Å². The lowest BCUT2D eigenvalue weighted by Crippen LogP contribution is -2.53. The van der Waals surface area contributed by atoms with E-state index in [0.29, 0.717) is 24.3 Å². The van der Waals surface area contributed by atoms with Crippen molar-refractivity contribution in [3.8, 4) is 11.1 Å². The smallest absolute Gasteiger partial charge is 0.366 e. The molecule has 0 aromatic heterocycles. The highest BCUT2D eigenvalue weighted by molar-refractivity contribution is 7.99. The third-order valence-corrected chi connectivity index (χ3v) is 7.73. The van der Waals surface area contributed by atoms with Crippen molar-refractivity contribution in [1.82, 2.24) is 10.6 Å². The number of benzene rings is 2. The van der Waals surface area contributed by atoms with E-state index in [0.717, 1.165) is 24.0 Å². The number of nitrogens with one attached hydrogen (secondary N) is 2. The molecule has 0 saturated carbocycles. The second-order valence-corrected chi connectivity index (χ2v) is 11.2. The zero-order chi connectivity index (χ0) is 32.5.